The van der Waals surface area contributed by atoms with E-state index in [0.717, 1.165) is 5.56 Å². The topological polar surface area (TPSA) is 55.4 Å². The third-order valence-corrected chi connectivity index (χ3v) is 10.6. The van der Waals surface area contributed by atoms with Crippen molar-refractivity contribution < 1.29 is 28.1 Å². The van der Waals surface area contributed by atoms with Crippen molar-refractivity contribution in [3.05, 3.63) is 35.9 Å². The van der Waals surface area contributed by atoms with Gasteiger partial charge >= 0.3 is 0 Å². The SMILES string of the molecule is CO[C@@H]1[C@@H](OC)[C@H](OCc2ccccc2)O[C@H](CO[Si](C)(C)C(C)(C)C)[C@H]1OC. The third-order valence-electron chi connectivity index (χ3n) is 6.08. The van der Waals surface area contributed by atoms with Gasteiger partial charge in [-0.05, 0) is 23.7 Å². The van der Waals surface area contributed by atoms with Crippen molar-refractivity contribution in [2.75, 3.05) is 27.9 Å². The van der Waals surface area contributed by atoms with Crippen molar-refractivity contribution in [1.29, 1.82) is 0 Å². The molecule has 0 aromatic heterocycles. The zero-order chi connectivity index (χ0) is 21.7. The first-order valence-electron chi connectivity index (χ1n) is 10.2. The molecule has 1 heterocycles. The minimum Gasteiger partial charge on any atom is -0.414 e. The lowest BCUT2D eigenvalue weighted by molar-refractivity contribution is -0.314. The highest BCUT2D eigenvalue weighted by Gasteiger charge is 2.48. The predicted octanol–water partition coefficient (Wildman–Crippen LogP) is 3.99. The van der Waals surface area contributed by atoms with Crippen LogP contribution in [0.2, 0.25) is 18.1 Å². The molecule has 2 rings (SSSR count). The van der Waals surface area contributed by atoms with Gasteiger partial charge < -0.3 is 28.1 Å². The van der Waals surface area contributed by atoms with Crippen molar-refractivity contribution in [3.63, 3.8) is 0 Å². The molecule has 1 aliphatic rings. The summed E-state index contributed by atoms with van der Waals surface area (Å²) < 4.78 is 36.0. The van der Waals surface area contributed by atoms with Crippen molar-refractivity contribution in [3.8, 4) is 0 Å². The fourth-order valence-corrected chi connectivity index (χ4v) is 4.22. The molecule has 166 valence electrons. The van der Waals surface area contributed by atoms with Crippen LogP contribution in [-0.2, 0) is 34.7 Å². The summed E-state index contributed by atoms with van der Waals surface area (Å²) in [5.74, 6) is 0. The lowest BCUT2D eigenvalue weighted by Crippen LogP contribution is -2.61. The van der Waals surface area contributed by atoms with Gasteiger partial charge in [0.25, 0.3) is 0 Å². The van der Waals surface area contributed by atoms with Crippen LogP contribution in [0.4, 0.5) is 0 Å². The number of rotatable bonds is 9. The summed E-state index contributed by atoms with van der Waals surface area (Å²) in [6.07, 6.45) is -1.94. The first kappa shape index (κ1) is 24.5. The van der Waals surface area contributed by atoms with Crippen LogP contribution in [0.3, 0.4) is 0 Å². The molecule has 1 aromatic rings. The minimum absolute atomic E-state index is 0.114. The average Bonchev–Trinajstić information content (AvgIpc) is 2.69. The lowest BCUT2D eigenvalue weighted by atomic mass is 9.98. The van der Waals surface area contributed by atoms with Gasteiger partial charge in [0.05, 0.1) is 13.2 Å². The van der Waals surface area contributed by atoms with E-state index < -0.39 is 20.7 Å². The van der Waals surface area contributed by atoms with E-state index in [0.29, 0.717) is 13.2 Å². The normalized spacial score (nSPS) is 28.5. The lowest BCUT2D eigenvalue weighted by Gasteiger charge is -2.46. The van der Waals surface area contributed by atoms with Crippen molar-refractivity contribution in [2.24, 2.45) is 0 Å². The molecule has 1 fully saturated rings. The molecule has 6 nitrogen and oxygen atoms in total. The molecule has 0 unspecified atom stereocenters. The number of hydrogen-bond donors (Lipinski definition) is 0. The summed E-state index contributed by atoms with van der Waals surface area (Å²) in [5, 5.41) is 0.114. The largest absolute Gasteiger partial charge is 0.414 e. The molecule has 1 aromatic carbocycles. The monoisotopic (exact) mass is 426 g/mol. The molecule has 1 saturated heterocycles. The summed E-state index contributed by atoms with van der Waals surface area (Å²) in [6.45, 7) is 12.0. The standard InChI is InChI=1S/C22H38O6Si/c1-22(2,3)29(7,8)27-15-17-18(23-4)19(24-5)20(25-6)21(28-17)26-14-16-12-10-9-11-13-16/h9-13,17-21H,14-15H2,1-8H3/t17-,18-,19+,20-,21-/m1/s1. The third kappa shape index (κ3) is 6.10. The van der Waals surface area contributed by atoms with Crippen LogP contribution in [0.1, 0.15) is 26.3 Å². The summed E-state index contributed by atoms with van der Waals surface area (Å²) in [5.41, 5.74) is 1.07. The van der Waals surface area contributed by atoms with Gasteiger partial charge in [0.2, 0.25) is 0 Å². The van der Waals surface area contributed by atoms with Gasteiger partial charge in [-0.15, -0.1) is 0 Å². The molecule has 29 heavy (non-hydrogen) atoms. The van der Waals surface area contributed by atoms with Gasteiger partial charge in [0.1, 0.15) is 24.4 Å². The summed E-state index contributed by atoms with van der Waals surface area (Å²) >= 11 is 0. The van der Waals surface area contributed by atoms with Gasteiger partial charge in [-0.3, -0.25) is 0 Å². The second kappa shape index (κ2) is 10.5. The molecule has 0 N–H and O–H groups in total. The van der Waals surface area contributed by atoms with Gasteiger partial charge in [-0.2, -0.15) is 0 Å². The van der Waals surface area contributed by atoms with Crippen LogP contribution in [-0.4, -0.2) is 67.0 Å². The highest BCUT2D eigenvalue weighted by atomic mass is 28.4. The Balaban J connectivity index is 2.14. The molecule has 5 atom stereocenters. The quantitative estimate of drug-likeness (QED) is 0.557. The van der Waals surface area contributed by atoms with E-state index >= 15 is 0 Å². The Bertz CT molecular complexity index is 603. The Morgan fingerprint density at radius 3 is 2.00 bits per heavy atom. The molecule has 0 spiro atoms. The van der Waals surface area contributed by atoms with E-state index in [9.17, 15) is 0 Å². The van der Waals surface area contributed by atoms with E-state index in [1.165, 1.54) is 0 Å². The van der Waals surface area contributed by atoms with Gasteiger partial charge in [0.15, 0.2) is 14.6 Å². The Morgan fingerprint density at radius 2 is 1.48 bits per heavy atom. The van der Waals surface area contributed by atoms with Crippen molar-refractivity contribution in [2.45, 2.75) is 76.2 Å². The molecule has 0 bridgehead atoms. The van der Waals surface area contributed by atoms with Crippen LogP contribution in [0.5, 0.6) is 0 Å². The summed E-state index contributed by atoms with van der Waals surface area (Å²) in [7, 11) is 3.03. The van der Waals surface area contributed by atoms with Crippen LogP contribution >= 0.6 is 0 Å². The Kier molecular flexibility index (Phi) is 8.84. The van der Waals surface area contributed by atoms with E-state index in [-0.39, 0.29) is 23.4 Å². The molecule has 0 saturated carbocycles. The fourth-order valence-electron chi connectivity index (χ4n) is 3.21. The zero-order valence-electron chi connectivity index (χ0n) is 19.1. The number of ether oxygens (including phenoxy) is 5. The van der Waals surface area contributed by atoms with Gasteiger partial charge in [-0.25, -0.2) is 0 Å². The molecular formula is C22H38O6Si. The van der Waals surface area contributed by atoms with Crippen LogP contribution in [0, 0.1) is 0 Å². The van der Waals surface area contributed by atoms with E-state index in [1.54, 1.807) is 21.3 Å². The maximum Gasteiger partial charge on any atom is 0.192 e. The summed E-state index contributed by atoms with van der Waals surface area (Å²) in [4.78, 5) is 0. The fraction of sp³-hybridized carbons (Fsp3) is 0.727. The number of benzene rings is 1. The average molecular weight is 427 g/mol. The molecule has 0 amide bonds. The van der Waals surface area contributed by atoms with Crippen molar-refractivity contribution >= 4 is 8.32 Å². The highest BCUT2D eigenvalue weighted by Crippen LogP contribution is 2.37. The van der Waals surface area contributed by atoms with Crippen molar-refractivity contribution in [1.82, 2.24) is 0 Å². The smallest absolute Gasteiger partial charge is 0.192 e. The molecule has 1 aliphatic heterocycles. The second-order valence-electron chi connectivity index (χ2n) is 9.01. The highest BCUT2D eigenvalue weighted by molar-refractivity contribution is 6.74. The minimum atomic E-state index is -1.93. The predicted molar refractivity (Wildman–Crippen MR) is 115 cm³/mol. The van der Waals surface area contributed by atoms with Crippen LogP contribution in [0.25, 0.3) is 0 Å². The first-order chi connectivity index (χ1) is 13.6. The maximum atomic E-state index is 6.42. The number of hydrogen-bond acceptors (Lipinski definition) is 6. The second-order valence-corrected chi connectivity index (χ2v) is 13.8. The van der Waals surface area contributed by atoms with E-state index in [1.807, 2.05) is 30.3 Å². The maximum absolute atomic E-state index is 6.42. The Morgan fingerprint density at radius 1 is 0.897 bits per heavy atom. The van der Waals surface area contributed by atoms with Crippen LogP contribution in [0.15, 0.2) is 30.3 Å². The number of methoxy groups -OCH3 is 3. The summed E-state index contributed by atoms with van der Waals surface area (Å²) in [6, 6.07) is 10.0. The zero-order valence-corrected chi connectivity index (χ0v) is 20.1. The van der Waals surface area contributed by atoms with Gasteiger partial charge in [-0.1, -0.05) is 51.1 Å². The van der Waals surface area contributed by atoms with E-state index in [2.05, 4.69) is 33.9 Å². The molecule has 7 heteroatoms. The molecular weight excluding hydrogens is 388 g/mol. The van der Waals surface area contributed by atoms with Gasteiger partial charge in [0, 0.05) is 21.3 Å². The van der Waals surface area contributed by atoms with Crippen LogP contribution < -0.4 is 0 Å². The Hall–Kier alpha value is -0.803. The Labute approximate surface area is 176 Å². The molecule has 0 aliphatic carbocycles. The van der Waals surface area contributed by atoms with E-state index in [4.69, 9.17) is 28.1 Å². The first-order valence-corrected chi connectivity index (χ1v) is 13.1. The molecule has 0 radical (unpaired) electrons.